The molecule has 0 bridgehead atoms. The van der Waals surface area contributed by atoms with Crippen molar-refractivity contribution in [2.24, 2.45) is 0 Å². The molecule has 1 aliphatic rings. The molecule has 4 heterocycles. The average Bonchev–Trinajstić information content (AvgIpc) is 3.17. The van der Waals surface area contributed by atoms with Crippen LogP contribution < -0.4 is 10.6 Å². The fraction of sp³-hybridized carbons (Fsp3) is 0.273. The number of H-pyrrole nitrogens is 1. The van der Waals surface area contributed by atoms with E-state index in [0.29, 0.717) is 5.69 Å². The van der Waals surface area contributed by atoms with E-state index in [-0.39, 0.29) is 11.6 Å². The lowest BCUT2D eigenvalue weighted by atomic mass is 10.1. The van der Waals surface area contributed by atoms with E-state index in [1.165, 1.54) is 5.57 Å². The van der Waals surface area contributed by atoms with E-state index in [9.17, 15) is 4.79 Å². The van der Waals surface area contributed by atoms with Crippen LogP contribution in [0.15, 0.2) is 42.6 Å². The quantitative estimate of drug-likeness (QED) is 0.639. The number of aromatic amines is 1. The lowest BCUT2D eigenvalue weighted by Crippen LogP contribution is -2.42. The average molecular weight is 386 g/mol. The molecule has 0 unspecified atom stereocenters. The highest BCUT2D eigenvalue weighted by atomic mass is 16.2. The number of fused-ring (bicyclic) bond motifs is 1. The number of nitriles is 1. The molecule has 0 radical (unpaired) electrons. The van der Waals surface area contributed by atoms with Crippen molar-refractivity contribution >= 4 is 22.5 Å². The van der Waals surface area contributed by atoms with Gasteiger partial charge in [-0.3, -0.25) is 4.79 Å². The van der Waals surface area contributed by atoms with Gasteiger partial charge in [0.25, 0.3) is 5.91 Å². The topological polar surface area (TPSA) is 106 Å². The summed E-state index contributed by atoms with van der Waals surface area (Å²) in [6.07, 6.45) is 4.93. The minimum absolute atomic E-state index is 0.264. The zero-order valence-corrected chi connectivity index (χ0v) is 16.4. The first-order valence-corrected chi connectivity index (χ1v) is 9.55. The van der Waals surface area contributed by atoms with E-state index in [4.69, 9.17) is 5.26 Å². The van der Waals surface area contributed by atoms with E-state index in [1.54, 1.807) is 32.2 Å². The largest absolute Gasteiger partial charge is 0.339 e. The number of amides is 1. The number of hydrogen-bond acceptors (Lipinski definition) is 5. The Labute approximate surface area is 168 Å². The van der Waals surface area contributed by atoms with Crippen LogP contribution in [0, 0.1) is 11.3 Å². The molecule has 146 valence electrons. The Hall–Kier alpha value is -3.50. The third-order valence-corrected chi connectivity index (χ3v) is 4.86. The van der Waals surface area contributed by atoms with E-state index in [1.807, 2.05) is 12.1 Å². The van der Waals surface area contributed by atoms with Crippen molar-refractivity contribution in [3.63, 3.8) is 0 Å². The summed E-state index contributed by atoms with van der Waals surface area (Å²) in [5.41, 5.74) is 4.00. The van der Waals surface area contributed by atoms with Gasteiger partial charge in [0.15, 0.2) is 0 Å². The smallest absolute Gasteiger partial charge is 0.271 e. The molecule has 1 amide bonds. The molecule has 0 atom stereocenters. The Bertz CT molecular complexity index is 1150. The zero-order chi connectivity index (χ0) is 20.4. The van der Waals surface area contributed by atoms with E-state index < -0.39 is 5.54 Å². The molecular formula is C22H22N6O. The Kier molecular flexibility index (Phi) is 4.87. The van der Waals surface area contributed by atoms with Crippen molar-refractivity contribution < 1.29 is 4.79 Å². The van der Waals surface area contributed by atoms with Gasteiger partial charge < -0.3 is 15.6 Å². The molecule has 0 fully saturated rings. The van der Waals surface area contributed by atoms with Crippen molar-refractivity contribution in [1.29, 1.82) is 5.26 Å². The molecule has 0 saturated carbocycles. The summed E-state index contributed by atoms with van der Waals surface area (Å²) in [6.45, 7) is 5.15. The fourth-order valence-corrected chi connectivity index (χ4v) is 3.29. The minimum Gasteiger partial charge on any atom is -0.339 e. The number of pyridine rings is 2. The molecule has 0 spiro atoms. The Morgan fingerprint density at radius 1 is 1.31 bits per heavy atom. The van der Waals surface area contributed by atoms with Gasteiger partial charge in [-0.15, -0.1) is 0 Å². The molecule has 29 heavy (non-hydrogen) atoms. The zero-order valence-electron chi connectivity index (χ0n) is 16.4. The Morgan fingerprint density at radius 2 is 2.17 bits per heavy atom. The van der Waals surface area contributed by atoms with Crippen molar-refractivity contribution in [3.8, 4) is 17.3 Å². The normalized spacial score (nSPS) is 14.3. The van der Waals surface area contributed by atoms with Crippen molar-refractivity contribution in [2.75, 3.05) is 13.1 Å². The molecule has 7 nitrogen and oxygen atoms in total. The van der Waals surface area contributed by atoms with Gasteiger partial charge in [0.2, 0.25) is 0 Å². The van der Waals surface area contributed by atoms with E-state index >= 15 is 0 Å². The van der Waals surface area contributed by atoms with Gasteiger partial charge in [0, 0.05) is 29.4 Å². The summed E-state index contributed by atoms with van der Waals surface area (Å²) >= 11 is 0. The van der Waals surface area contributed by atoms with Crippen LogP contribution in [0.3, 0.4) is 0 Å². The van der Waals surface area contributed by atoms with Gasteiger partial charge in [-0.2, -0.15) is 5.26 Å². The van der Waals surface area contributed by atoms with Crippen LogP contribution in [0.2, 0.25) is 0 Å². The summed E-state index contributed by atoms with van der Waals surface area (Å²) in [4.78, 5) is 24.8. The lowest BCUT2D eigenvalue weighted by Gasteiger charge is -2.17. The van der Waals surface area contributed by atoms with Gasteiger partial charge in [0.05, 0.1) is 11.8 Å². The van der Waals surface area contributed by atoms with Crippen LogP contribution >= 0.6 is 0 Å². The fourth-order valence-electron chi connectivity index (χ4n) is 3.29. The molecule has 4 rings (SSSR count). The highest BCUT2D eigenvalue weighted by molar-refractivity contribution is 5.93. The van der Waals surface area contributed by atoms with Gasteiger partial charge in [-0.25, -0.2) is 9.97 Å². The predicted octanol–water partition coefficient (Wildman–Crippen LogP) is 3.03. The maximum absolute atomic E-state index is 12.4. The number of carbonyl (C=O) groups is 1. The number of aromatic nitrogens is 3. The van der Waals surface area contributed by atoms with Gasteiger partial charge in [-0.05, 0) is 56.7 Å². The van der Waals surface area contributed by atoms with Gasteiger partial charge in [-0.1, -0.05) is 12.1 Å². The van der Waals surface area contributed by atoms with Crippen LogP contribution in [0.5, 0.6) is 0 Å². The van der Waals surface area contributed by atoms with E-state index in [2.05, 4.69) is 43.8 Å². The van der Waals surface area contributed by atoms with Crippen molar-refractivity contribution in [2.45, 2.75) is 25.8 Å². The summed E-state index contributed by atoms with van der Waals surface area (Å²) in [5.74, 6) is -0.380. The first kappa shape index (κ1) is 18.8. The SMILES string of the molecule is CC(C)(C#N)NC(=O)c1cccc(-c2cnc3[nH]c(C4=CCNCC4)cc3c2)n1. The second-order valence-electron chi connectivity index (χ2n) is 7.63. The minimum atomic E-state index is -0.958. The van der Waals surface area contributed by atoms with Gasteiger partial charge in [0.1, 0.15) is 16.9 Å². The van der Waals surface area contributed by atoms with Crippen LogP contribution in [0.25, 0.3) is 27.9 Å². The second kappa shape index (κ2) is 7.49. The van der Waals surface area contributed by atoms with Crippen LogP contribution in [-0.4, -0.2) is 39.5 Å². The van der Waals surface area contributed by atoms with E-state index in [0.717, 1.165) is 41.8 Å². The molecule has 7 heteroatoms. The summed E-state index contributed by atoms with van der Waals surface area (Å²) in [7, 11) is 0. The number of nitrogens with one attached hydrogen (secondary N) is 3. The number of hydrogen-bond donors (Lipinski definition) is 3. The number of rotatable bonds is 4. The highest BCUT2D eigenvalue weighted by Crippen LogP contribution is 2.26. The predicted molar refractivity (Wildman–Crippen MR) is 112 cm³/mol. The molecular weight excluding hydrogens is 364 g/mol. The first-order chi connectivity index (χ1) is 13.9. The molecule has 3 N–H and O–H groups in total. The Morgan fingerprint density at radius 3 is 2.93 bits per heavy atom. The molecule has 3 aromatic heterocycles. The lowest BCUT2D eigenvalue weighted by molar-refractivity contribution is 0.0924. The standard InChI is InChI=1S/C22H22N6O/c1-22(2,13-23)28-21(29)18-5-3-4-17(26-18)16-10-15-11-19(27-20(15)25-12-16)14-6-8-24-9-7-14/h3-6,10-12,24H,7-9H2,1-2H3,(H,25,27)(H,28,29). The summed E-state index contributed by atoms with van der Waals surface area (Å²) in [5, 5.41) is 16.1. The maximum Gasteiger partial charge on any atom is 0.271 e. The molecule has 3 aromatic rings. The van der Waals surface area contributed by atoms with Crippen LogP contribution in [0.4, 0.5) is 0 Å². The Balaban J connectivity index is 1.64. The van der Waals surface area contributed by atoms with Crippen molar-refractivity contribution in [1.82, 2.24) is 25.6 Å². The van der Waals surface area contributed by atoms with Crippen molar-refractivity contribution in [3.05, 3.63) is 54.0 Å². The first-order valence-electron chi connectivity index (χ1n) is 9.55. The number of carbonyl (C=O) groups excluding carboxylic acids is 1. The van der Waals surface area contributed by atoms with Gasteiger partial charge >= 0.3 is 0 Å². The van der Waals surface area contributed by atoms with Crippen LogP contribution in [0.1, 0.15) is 36.5 Å². The highest BCUT2D eigenvalue weighted by Gasteiger charge is 2.21. The summed E-state index contributed by atoms with van der Waals surface area (Å²) in [6, 6.07) is 11.4. The molecule has 0 saturated heterocycles. The monoisotopic (exact) mass is 386 g/mol. The van der Waals surface area contributed by atoms with Crippen LogP contribution in [-0.2, 0) is 0 Å². The second-order valence-corrected chi connectivity index (χ2v) is 7.63. The summed E-state index contributed by atoms with van der Waals surface area (Å²) < 4.78 is 0. The molecule has 0 aliphatic carbocycles. The molecule has 1 aliphatic heterocycles. The number of nitrogens with zero attached hydrogens (tertiary/aromatic N) is 3. The molecule has 0 aromatic carbocycles. The third kappa shape index (κ3) is 4.03. The third-order valence-electron chi connectivity index (χ3n) is 4.86. The maximum atomic E-state index is 12.4.